The van der Waals surface area contributed by atoms with Gasteiger partial charge < -0.3 is 14.7 Å². The van der Waals surface area contributed by atoms with E-state index in [4.69, 9.17) is 0 Å². The minimum absolute atomic E-state index is 0.266. The Balaban J connectivity index is 0.980. The minimum Gasteiger partial charge on any atom is -0.311 e. The summed E-state index contributed by atoms with van der Waals surface area (Å²) < 4.78 is 14.2. The molecule has 0 heterocycles. The van der Waals surface area contributed by atoms with E-state index in [2.05, 4.69) is 209 Å². The predicted molar refractivity (Wildman–Crippen MR) is 241 cm³/mol. The maximum atomic E-state index is 14.2. The van der Waals surface area contributed by atoms with Crippen molar-refractivity contribution in [2.75, 3.05) is 14.7 Å². The molecule has 0 N–H and O–H groups in total. The molecule has 58 heavy (non-hydrogen) atoms. The predicted octanol–water partition coefficient (Wildman–Crippen LogP) is 15.6. The SMILES string of the molecule is Fc1ccc(N(c2ccc(-c3ccc(N(c4ccccc4)c4ccccc4)cc3)cc2)c2ccc(-c3ccc(N(c4ccccc4)c4ccccc4)cc3)cc2)cc1. The second kappa shape index (κ2) is 16.6. The highest BCUT2D eigenvalue weighted by Gasteiger charge is 2.16. The summed E-state index contributed by atoms with van der Waals surface area (Å²) in [6.07, 6.45) is 0. The molecule has 0 unspecified atom stereocenters. The van der Waals surface area contributed by atoms with Crippen molar-refractivity contribution in [3.63, 3.8) is 0 Å². The molecule has 0 spiro atoms. The molecule has 278 valence electrons. The molecule has 0 fully saturated rings. The van der Waals surface area contributed by atoms with Gasteiger partial charge in [0.1, 0.15) is 5.82 Å². The lowest BCUT2D eigenvalue weighted by atomic mass is 10.0. The molecule has 0 saturated heterocycles. The van der Waals surface area contributed by atoms with E-state index in [1.165, 1.54) is 12.1 Å². The van der Waals surface area contributed by atoms with Crippen molar-refractivity contribution >= 4 is 51.2 Å². The van der Waals surface area contributed by atoms with Crippen LogP contribution in [0.2, 0.25) is 0 Å². The number of hydrogen-bond donors (Lipinski definition) is 0. The Morgan fingerprint density at radius 2 is 0.362 bits per heavy atom. The fraction of sp³-hybridized carbons (Fsp3) is 0. The summed E-state index contributed by atoms with van der Waals surface area (Å²) in [5.41, 5.74) is 13.9. The van der Waals surface area contributed by atoms with Crippen LogP contribution >= 0.6 is 0 Å². The molecule has 9 aromatic rings. The zero-order valence-electron chi connectivity index (χ0n) is 31.8. The van der Waals surface area contributed by atoms with Crippen molar-refractivity contribution in [2.24, 2.45) is 0 Å². The van der Waals surface area contributed by atoms with Crippen LogP contribution in [-0.4, -0.2) is 0 Å². The van der Waals surface area contributed by atoms with Crippen LogP contribution < -0.4 is 14.7 Å². The van der Waals surface area contributed by atoms with E-state index < -0.39 is 0 Å². The number of halogens is 1. The van der Waals surface area contributed by atoms with Gasteiger partial charge in [0, 0.05) is 51.2 Å². The monoisotopic (exact) mass is 749 g/mol. The minimum atomic E-state index is -0.266. The van der Waals surface area contributed by atoms with Crippen LogP contribution in [0.3, 0.4) is 0 Å². The number of rotatable bonds is 11. The number of benzene rings is 9. The second-order valence-corrected chi connectivity index (χ2v) is 14.0. The first-order valence-electron chi connectivity index (χ1n) is 19.5. The molecule has 9 aromatic carbocycles. The van der Waals surface area contributed by atoms with Crippen molar-refractivity contribution in [3.05, 3.63) is 248 Å². The van der Waals surface area contributed by atoms with Crippen molar-refractivity contribution in [3.8, 4) is 22.3 Å². The largest absolute Gasteiger partial charge is 0.311 e. The van der Waals surface area contributed by atoms with Gasteiger partial charge in [0.15, 0.2) is 0 Å². The highest BCUT2D eigenvalue weighted by atomic mass is 19.1. The molecule has 9 rings (SSSR count). The molecular weight excluding hydrogens is 710 g/mol. The van der Waals surface area contributed by atoms with Crippen LogP contribution in [0.5, 0.6) is 0 Å². The molecule has 0 bridgehead atoms. The maximum Gasteiger partial charge on any atom is 0.123 e. The van der Waals surface area contributed by atoms with Crippen molar-refractivity contribution in [2.45, 2.75) is 0 Å². The Labute approximate surface area is 339 Å². The molecule has 0 radical (unpaired) electrons. The quantitative estimate of drug-likeness (QED) is 0.130. The van der Waals surface area contributed by atoms with Crippen LogP contribution in [-0.2, 0) is 0 Å². The molecule has 3 nitrogen and oxygen atoms in total. The lowest BCUT2D eigenvalue weighted by Crippen LogP contribution is -2.10. The van der Waals surface area contributed by atoms with E-state index in [1.807, 2.05) is 36.4 Å². The molecule has 0 atom stereocenters. The van der Waals surface area contributed by atoms with Crippen LogP contribution in [0.25, 0.3) is 22.3 Å². The Morgan fingerprint density at radius 3 is 0.569 bits per heavy atom. The Bertz CT molecular complexity index is 2420. The van der Waals surface area contributed by atoms with Crippen LogP contribution in [0, 0.1) is 5.82 Å². The highest BCUT2D eigenvalue weighted by molar-refractivity contribution is 5.83. The summed E-state index contributed by atoms with van der Waals surface area (Å²) in [7, 11) is 0. The summed E-state index contributed by atoms with van der Waals surface area (Å²) in [4.78, 5) is 6.69. The highest BCUT2D eigenvalue weighted by Crippen LogP contribution is 2.40. The molecule has 0 aliphatic heterocycles. The molecule has 0 aliphatic rings. The van der Waals surface area contributed by atoms with E-state index in [-0.39, 0.29) is 5.82 Å². The first kappa shape index (κ1) is 36.0. The summed E-state index contributed by atoms with van der Waals surface area (Å²) in [6, 6.07) is 82.9. The molecular formula is C54H40FN3. The third-order valence-corrected chi connectivity index (χ3v) is 10.3. The summed E-state index contributed by atoms with van der Waals surface area (Å²) in [6.45, 7) is 0. The fourth-order valence-corrected chi connectivity index (χ4v) is 7.45. The molecule has 0 aliphatic carbocycles. The third kappa shape index (κ3) is 7.73. The smallest absolute Gasteiger partial charge is 0.123 e. The zero-order valence-corrected chi connectivity index (χ0v) is 31.8. The van der Waals surface area contributed by atoms with Gasteiger partial charge in [0.25, 0.3) is 0 Å². The van der Waals surface area contributed by atoms with Crippen LogP contribution in [0.1, 0.15) is 0 Å². The number of para-hydroxylation sites is 4. The first-order valence-corrected chi connectivity index (χ1v) is 19.5. The van der Waals surface area contributed by atoms with Gasteiger partial charge in [0.05, 0.1) is 0 Å². The van der Waals surface area contributed by atoms with Gasteiger partial charge in [-0.1, -0.05) is 121 Å². The number of hydrogen-bond acceptors (Lipinski definition) is 3. The standard InChI is InChI=1S/C54H40FN3/c55-45-29-39-54(40-30-45)58(52-35-25-43(26-36-52)41-21-31-50(32-22-41)56(46-13-5-1-6-14-46)47-15-7-2-8-16-47)53-37-27-44(28-38-53)42-23-33-51(34-24-42)57(48-17-9-3-10-18-48)49-19-11-4-12-20-49/h1-40H. The summed E-state index contributed by atoms with van der Waals surface area (Å²) in [5.74, 6) is -0.266. The van der Waals surface area contributed by atoms with E-state index in [0.29, 0.717) is 0 Å². The lowest BCUT2D eigenvalue weighted by molar-refractivity contribution is 0.628. The average Bonchev–Trinajstić information content (AvgIpc) is 3.30. The van der Waals surface area contributed by atoms with Crippen LogP contribution in [0.15, 0.2) is 243 Å². The molecule has 0 saturated carbocycles. The number of anilines is 9. The summed E-state index contributed by atoms with van der Waals surface area (Å²) >= 11 is 0. The van der Waals surface area contributed by atoms with Crippen molar-refractivity contribution in [1.29, 1.82) is 0 Å². The second-order valence-electron chi connectivity index (χ2n) is 14.0. The molecule has 0 aromatic heterocycles. The van der Waals surface area contributed by atoms with Gasteiger partial charge in [-0.25, -0.2) is 4.39 Å². The normalized spacial score (nSPS) is 10.8. The first-order chi connectivity index (χ1) is 28.7. The van der Waals surface area contributed by atoms with Gasteiger partial charge in [-0.15, -0.1) is 0 Å². The summed E-state index contributed by atoms with van der Waals surface area (Å²) in [5, 5.41) is 0. The van der Waals surface area contributed by atoms with Crippen molar-refractivity contribution in [1.82, 2.24) is 0 Å². The fourth-order valence-electron chi connectivity index (χ4n) is 7.45. The topological polar surface area (TPSA) is 9.72 Å². The van der Waals surface area contributed by atoms with E-state index in [1.54, 1.807) is 0 Å². The van der Waals surface area contributed by atoms with Gasteiger partial charge >= 0.3 is 0 Å². The Hall–Kier alpha value is -7.69. The molecule has 4 heteroatoms. The van der Waals surface area contributed by atoms with Gasteiger partial charge in [0.2, 0.25) is 0 Å². The van der Waals surface area contributed by atoms with Gasteiger partial charge in [-0.2, -0.15) is 0 Å². The Kier molecular flexibility index (Phi) is 10.3. The zero-order chi connectivity index (χ0) is 39.1. The maximum absolute atomic E-state index is 14.2. The number of nitrogens with zero attached hydrogens (tertiary/aromatic N) is 3. The van der Waals surface area contributed by atoms with E-state index in [9.17, 15) is 4.39 Å². The van der Waals surface area contributed by atoms with Crippen LogP contribution in [0.4, 0.5) is 55.6 Å². The lowest BCUT2D eigenvalue weighted by Gasteiger charge is -2.26. The Morgan fingerprint density at radius 1 is 0.190 bits per heavy atom. The third-order valence-electron chi connectivity index (χ3n) is 10.3. The van der Waals surface area contributed by atoms with E-state index >= 15 is 0 Å². The van der Waals surface area contributed by atoms with E-state index in [0.717, 1.165) is 73.4 Å². The molecule has 0 amide bonds. The van der Waals surface area contributed by atoms with Crippen molar-refractivity contribution < 1.29 is 4.39 Å². The van der Waals surface area contributed by atoms with Gasteiger partial charge in [-0.05, 0) is 144 Å². The van der Waals surface area contributed by atoms with Gasteiger partial charge in [-0.3, -0.25) is 0 Å². The average molecular weight is 750 g/mol.